The monoisotopic (exact) mass is 166 g/mol. The standard InChI is InChI=1S/C8H10N2O2/c1-2-6(10-12)8(11)7-4-3-5-9-7/h3-5,9,12H,2H2,1H3/b10-6+. The van der Waals surface area contributed by atoms with Crippen molar-refractivity contribution >= 4 is 11.5 Å². The molecule has 1 aromatic rings. The molecular weight excluding hydrogens is 156 g/mol. The number of rotatable bonds is 3. The van der Waals surface area contributed by atoms with Gasteiger partial charge in [-0.25, -0.2) is 0 Å². The fraction of sp³-hybridized carbons (Fsp3) is 0.250. The second-order valence-electron chi connectivity index (χ2n) is 2.31. The van der Waals surface area contributed by atoms with Crippen molar-refractivity contribution < 1.29 is 10.0 Å². The summed E-state index contributed by atoms with van der Waals surface area (Å²) in [4.78, 5) is 14.1. The number of nitrogens with zero attached hydrogens (tertiary/aromatic N) is 1. The van der Waals surface area contributed by atoms with E-state index in [0.29, 0.717) is 12.1 Å². The van der Waals surface area contributed by atoms with E-state index in [0.717, 1.165) is 0 Å². The topological polar surface area (TPSA) is 65.5 Å². The van der Waals surface area contributed by atoms with Gasteiger partial charge in [-0.1, -0.05) is 12.1 Å². The Kier molecular flexibility index (Phi) is 2.63. The second kappa shape index (κ2) is 3.71. The zero-order chi connectivity index (χ0) is 8.97. The van der Waals surface area contributed by atoms with Crippen molar-refractivity contribution in [1.29, 1.82) is 0 Å². The summed E-state index contributed by atoms with van der Waals surface area (Å²) in [6.45, 7) is 1.76. The number of hydrogen-bond donors (Lipinski definition) is 2. The minimum Gasteiger partial charge on any atom is -0.411 e. The van der Waals surface area contributed by atoms with Gasteiger partial charge in [0.2, 0.25) is 5.78 Å². The van der Waals surface area contributed by atoms with Crippen molar-refractivity contribution in [2.45, 2.75) is 13.3 Å². The first kappa shape index (κ1) is 8.52. The lowest BCUT2D eigenvalue weighted by atomic mass is 10.1. The number of oxime groups is 1. The molecule has 0 saturated carbocycles. The van der Waals surface area contributed by atoms with E-state index >= 15 is 0 Å². The summed E-state index contributed by atoms with van der Waals surface area (Å²) >= 11 is 0. The van der Waals surface area contributed by atoms with Crippen LogP contribution in [0.3, 0.4) is 0 Å². The molecular formula is C8H10N2O2. The maximum absolute atomic E-state index is 11.3. The molecule has 0 fully saturated rings. The van der Waals surface area contributed by atoms with Crippen molar-refractivity contribution in [3.8, 4) is 0 Å². The Balaban J connectivity index is 2.85. The molecule has 0 saturated heterocycles. The van der Waals surface area contributed by atoms with E-state index in [1.54, 1.807) is 25.3 Å². The lowest BCUT2D eigenvalue weighted by molar-refractivity contribution is 0.105. The van der Waals surface area contributed by atoms with Crippen LogP contribution in [0, 0.1) is 0 Å². The smallest absolute Gasteiger partial charge is 0.226 e. The Labute approximate surface area is 69.9 Å². The second-order valence-corrected chi connectivity index (χ2v) is 2.31. The number of aromatic amines is 1. The number of carbonyl (C=O) groups is 1. The Morgan fingerprint density at radius 3 is 2.92 bits per heavy atom. The molecule has 1 aromatic heterocycles. The van der Waals surface area contributed by atoms with Crippen LogP contribution < -0.4 is 0 Å². The average Bonchev–Trinajstić information content (AvgIpc) is 2.58. The normalized spacial score (nSPS) is 11.6. The largest absolute Gasteiger partial charge is 0.411 e. The van der Waals surface area contributed by atoms with Crippen LogP contribution >= 0.6 is 0 Å². The highest BCUT2D eigenvalue weighted by Crippen LogP contribution is 2.00. The maximum atomic E-state index is 11.3. The average molecular weight is 166 g/mol. The van der Waals surface area contributed by atoms with Gasteiger partial charge >= 0.3 is 0 Å². The van der Waals surface area contributed by atoms with E-state index in [4.69, 9.17) is 5.21 Å². The van der Waals surface area contributed by atoms with Crippen molar-refractivity contribution in [3.05, 3.63) is 24.0 Å². The first-order valence-corrected chi connectivity index (χ1v) is 3.68. The quantitative estimate of drug-likeness (QED) is 0.309. The van der Waals surface area contributed by atoms with Gasteiger partial charge in [0.05, 0.1) is 5.69 Å². The molecule has 1 heterocycles. The highest BCUT2D eigenvalue weighted by molar-refractivity contribution is 6.45. The third-order valence-corrected chi connectivity index (χ3v) is 1.56. The molecule has 0 aromatic carbocycles. The zero-order valence-electron chi connectivity index (χ0n) is 6.74. The Hall–Kier alpha value is -1.58. The molecule has 4 nitrogen and oxygen atoms in total. The van der Waals surface area contributed by atoms with Crippen molar-refractivity contribution in [3.63, 3.8) is 0 Å². The number of aromatic nitrogens is 1. The first-order chi connectivity index (χ1) is 5.79. The lowest BCUT2D eigenvalue weighted by Crippen LogP contribution is -2.13. The van der Waals surface area contributed by atoms with Crippen LogP contribution in [0.4, 0.5) is 0 Å². The molecule has 0 radical (unpaired) electrons. The summed E-state index contributed by atoms with van der Waals surface area (Å²) in [5.41, 5.74) is 0.613. The first-order valence-electron chi connectivity index (χ1n) is 3.68. The molecule has 12 heavy (non-hydrogen) atoms. The Morgan fingerprint density at radius 2 is 2.50 bits per heavy atom. The van der Waals surface area contributed by atoms with E-state index in [1.807, 2.05) is 0 Å². The summed E-state index contributed by atoms with van der Waals surface area (Å²) in [5.74, 6) is -0.259. The number of carbonyl (C=O) groups excluding carboxylic acids is 1. The van der Waals surface area contributed by atoms with Gasteiger partial charge in [0, 0.05) is 6.20 Å². The van der Waals surface area contributed by atoms with Gasteiger partial charge in [0.15, 0.2) is 0 Å². The third-order valence-electron chi connectivity index (χ3n) is 1.56. The van der Waals surface area contributed by atoms with Crippen LogP contribution in [0.5, 0.6) is 0 Å². The van der Waals surface area contributed by atoms with E-state index in [1.165, 1.54) is 0 Å². The lowest BCUT2D eigenvalue weighted by Gasteiger charge is -1.96. The predicted octanol–water partition coefficient (Wildman–Crippen LogP) is 1.44. The molecule has 0 aliphatic rings. The maximum Gasteiger partial charge on any atom is 0.226 e. The Morgan fingerprint density at radius 1 is 1.75 bits per heavy atom. The molecule has 1 rings (SSSR count). The summed E-state index contributed by atoms with van der Waals surface area (Å²) in [6, 6.07) is 3.36. The molecule has 0 aliphatic carbocycles. The zero-order valence-corrected chi connectivity index (χ0v) is 6.74. The van der Waals surface area contributed by atoms with E-state index in [-0.39, 0.29) is 11.5 Å². The fourth-order valence-electron chi connectivity index (χ4n) is 0.904. The third kappa shape index (κ3) is 1.53. The van der Waals surface area contributed by atoms with E-state index in [2.05, 4.69) is 10.1 Å². The molecule has 0 atom stereocenters. The summed E-state index contributed by atoms with van der Waals surface area (Å²) < 4.78 is 0. The Bertz CT molecular complexity index is 288. The van der Waals surface area contributed by atoms with Crippen molar-refractivity contribution in [1.82, 2.24) is 4.98 Å². The van der Waals surface area contributed by atoms with Crippen LogP contribution in [0.15, 0.2) is 23.5 Å². The van der Waals surface area contributed by atoms with Crippen molar-refractivity contribution in [2.24, 2.45) is 5.16 Å². The fourth-order valence-corrected chi connectivity index (χ4v) is 0.904. The summed E-state index contributed by atoms with van der Waals surface area (Å²) in [6.07, 6.45) is 2.08. The van der Waals surface area contributed by atoms with Gasteiger partial charge in [0.25, 0.3) is 0 Å². The van der Waals surface area contributed by atoms with Gasteiger partial charge in [-0.05, 0) is 18.6 Å². The van der Waals surface area contributed by atoms with Gasteiger partial charge in [-0.15, -0.1) is 0 Å². The van der Waals surface area contributed by atoms with Crippen LogP contribution in [0.2, 0.25) is 0 Å². The van der Waals surface area contributed by atoms with E-state index < -0.39 is 0 Å². The SMILES string of the molecule is CC/C(=N\O)C(=O)c1ccc[nH]1. The minimum absolute atomic E-state index is 0.164. The predicted molar refractivity (Wildman–Crippen MR) is 44.6 cm³/mol. The van der Waals surface area contributed by atoms with Gasteiger partial charge in [-0.2, -0.15) is 0 Å². The number of Topliss-reactive ketones (excluding diaryl/α,β-unsaturated/α-hetero) is 1. The van der Waals surface area contributed by atoms with Gasteiger partial charge in [-0.3, -0.25) is 4.79 Å². The molecule has 4 heteroatoms. The highest BCUT2D eigenvalue weighted by Gasteiger charge is 2.12. The number of hydrogen-bond acceptors (Lipinski definition) is 3. The van der Waals surface area contributed by atoms with Crippen LogP contribution in [-0.4, -0.2) is 21.7 Å². The van der Waals surface area contributed by atoms with Crippen LogP contribution in [-0.2, 0) is 0 Å². The molecule has 0 amide bonds. The number of nitrogens with one attached hydrogen (secondary N) is 1. The van der Waals surface area contributed by atoms with Crippen molar-refractivity contribution in [2.75, 3.05) is 0 Å². The molecule has 64 valence electrons. The molecule has 0 spiro atoms. The number of ketones is 1. The van der Waals surface area contributed by atoms with Crippen LogP contribution in [0.1, 0.15) is 23.8 Å². The summed E-state index contributed by atoms with van der Waals surface area (Å²) in [5, 5.41) is 11.4. The highest BCUT2D eigenvalue weighted by atomic mass is 16.4. The molecule has 0 aliphatic heterocycles. The molecule has 2 N–H and O–H groups in total. The number of H-pyrrole nitrogens is 1. The summed E-state index contributed by atoms with van der Waals surface area (Å²) in [7, 11) is 0. The van der Waals surface area contributed by atoms with Crippen LogP contribution in [0.25, 0.3) is 0 Å². The molecule has 0 bridgehead atoms. The molecule has 0 unspecified atom stereocenters. The minimum atomic E-state index is -0.259. The van der Waals surface area contributed by atoms with Gasteiger partial charge < -0.3 is 10.2 Å². The van der Waals surface area contributed by atoms with Gasteiger partial charge in [0.1, 0.15) is 5.71 Å². The van der Waals surface area contributed by atoms with E-state index in [9.17, 15) is 4.79 Å².